The van der Waals surface area contributed by atoms with Crippen molar-refractivity contribution in [3.05, 3.63) is 47.0 Å². The molecule has 3 rings (SSSR count). The van der Waals surface area contributed by atoms with E-state index in [4.69, 9.17) is 21.3 Å². The van der Waals surface area contributed by atoms with E-state index in [1.807, 2.05) is 24.3 Å². The number of aromatic nitrogens is 3. The molecule has 0 amide bonds. The minimum atomic E-state index is 0.600. The van der Waals surface area contributed by atoms with Gasteiger partial charge >= 0.3 is 0 Å². The summed E-state index contributed by atoms with van der Waals surface area (Å²) in [6.07, 6.45) is 3.71. The van der Waals surface area contributed by atoms with E-state index < -0.39 is 0 Å². The first-order valence-corrected chi connectivity index (χ1v) is 11.1. The number of ether oxygens (including phenoxy) is 1. The number of rotatable bonds is 10. The maximum Gasteiger partial charge on any atom is 0.191 e. The monoisotopic (exact) mass is 433 g/mol. The molecule has 8 nitrogen and oxygen atoms in total. The van der Waals surface area contributed by atoms with Crippen LogP contribution in [0.5, 0.6) is 0 Å². The Morgan fingerprint density at radius 2 is 1.90 bits per heavy atom. The van der Waals surface area contributed by atoms with Gasteiger partial charge in [0.15, 0.2) is 5.96 Å². The molecule has 0 unspecified atom stereocenters. The van der Waals surface area contributed by atoms with E-state index in [1.54, 1.807) is 6.33 Å². The number of halogens is 1. The van der Waals surface area contributed by atoms with Crippen LogP contribution in [0.2, 0.25) is 5.02 Å². The normalized spacial score (nSPS) is 15.3. The Bertz CT molecular complexity index is 772. The lowest BCUT2D eigenvalue weighted by molar-refractivity contribution is 0.0376. The number of hydrogen-bond donors (Lipinski definition) is 2. The quantitative estimate of drug-likeness (QED) is 0.338. The fourth-order valence-electron chi connectivity index (χ4n) is 3.30. The number of morpholine rings is 1. The number of hydrogen-bond acceptors (Lipinski definition) is 5. The van der Waals surface area contributed by atoms with Gasteiger partial charge in [0.25, 0.3) is 0 Å². The van der Waals surface area contributed by atoms with Gasteiger partial charge in [0, 0.05) is 44.2 Å². The van der Waals surface area contributed by atoms with Gasteiger partial charge in [0.1, 0.15) is 12.2 Å². The molecule has 0 saturated carbocycles. The highest BCUT2D eigenvalue weighted by Crippen LogP contribution is 2.10. The highest BCUT2D eigenvalue weighted by Gasteiger charge is 2.09. The van der Waals surface area contributed by atoms with Gasteiger partial charge in [-0.2, -0.15) is 0 Å². The zero-order chi connectivity index (χ0) is 21.0. The Morgan fingerprint density at radius 3 is 2.67 bits per heavy atom. The molecular weight excluding hydrogens is 402 g/mol. The largest absolute Gasteiger partial charge is 0.379 e. The Balaban J connectivity index is 1.49. The SMILES string of the molecule is CCc1nncn1CCNC(=NCc1ccc(Cl)cc1)NCCCN1CCOCC1. The molecule has 1 aliphatic heterocycles. The van der Waals surface area contributed by atoms with Crippen LogP contribution in [0.15, 0.2) is 35.6 Å². The van der Waals surface area contributed by atoms with E-state index in [0.29, 0.717) is 6.54 Å². The van der Waals surface area contributed by atoms with Crippen molar-refractivity contribution in [3.8, 4) is 0 Å². The third kappa shape index (κ3) is 7.59. The molecule has 0 radical (unpaired) electrons. The Labute approximate surface area is 183 Å². The first-order chi connectivity index (χ1) is 14.7. The van der Waals surface area contributed by atoms with Gasteiger partial charge < -0.3 is 19.9 Å². The second kappa shape index (κ2) is 12.5. The fraction of sp³-hybridized carbons (Fsp3) is 0.571. The van der Waals surface area contributed by atoms with Crippen LogP contribution in [0.4, 0.5) is 0 Å². The molecule has 1 aliphatic rings. The summed E-state index contributed by atoms with van der Waals surface area (Å²) in [5, 5.41) is 15.8. The predicted octanol–water partition coefficient (Wildman–Crippen LogP) is 1.95. The topological polar surface area (TPSA) is 79.6 Å². The number of nitrogens with zero attached hydrogens (tertiary/aromatic N) is 5. The minimum Gasteiger partial charge on any atom is -0.379 e. The van der Waals surface area contributed by atoms with Gasteiger partial charge in [-0.15, -0.1) is 10.2 Å². The second-order valence-electron chi connectivity index (χ2n) is 7.25. The first-order valence-electron chi connectivity index (χ1n) is 10.7. The average Bonchev–Trinajstić information content (AvgIpc) is 3.24. The zero-order valence-electron chi connectivity index (χ0n) is 17.7. The smallest absolute Gasteiger partial charge is 0.191 e. The summed E-state index contributed by atoms with van der Waals surface area (Å²) >= 11 is 5.98. The van der Waals surface area contributed by atoms with Gasteiger partial charge in [-0.3, -0.25) is 4.90 Å². The van der Waals surface area contributed by atoms with Crippen molar-refractivity contribution < 1.29 is 4.74 Å². The van der Waals surface area contributed by atoms with E-state index in [9.17, 15) is 0 Å². The summed E-state index contributed by atoms with van der Waals surface area (Å²) in [7, 11) is 0. The summed E-state index contributed by atoms with van der Waals surface area (Å²) < 4.78 is 7.48. The summed E-state index contributed by atoms with van der Waals surface area (Å²) in [5.74, 6) is 1.81. The van der Waals surface area contributed by atoms with Crippen LogP contribution in [-0.2, 0) is 24.2 Å². The maximum atomic E-state index is 5.98. The summed E-state index contributed by atoms with van der Waals surface area (Å²) in [4.78, 5) is 7.19. The van der Waals surface area contributed by atoms with Crippen molar-refractivity contribution in [2.75, 3.05) is 45.9 Å². The van der Waals surface area contributed by atoms with E-state index in [1.165, 1.54) is 0 Å². The van der Waals surface area contributed by atoms with Gasteiger partial charge in [-0.25, -0.2) is 4.99 Å². The molecule has 0 atom stereocenters. The first kappa shape index (κ1) is 22.5. The van der Waals surface area contributed by atoms with Crippen molar-refractivity contribution in [2.24, 2.45) is 4.99 Å². The van der Waals surface area contributed by atoms with E-state index in [-0.39, 0.29) is 0 Å². The van der Waals surface area contributed by atoms with Crippen molar-refractivity contribution in [3.63, 3.8) is 0 Å². The van der Waals surface area contributed by atoms with Crippen molar-refractivity contribution in [1.29, 1.82) is 0 Å². The zero-order valence-corrected chi connectivity index (χ0v) is 18.4. The molecule has 9 heteroatoms. The van der Waals surface area contributed by atoms with E-state index in [2.05, 4.69) is 37.2 Å². The molecule has 0 bridgehead atoms. The van der Waals surface area contributed by atoms with Crippen LogP contribution >= 0.6 is 11.6 Å². The molecule has 2 aromatic rings. The third-order valence-corrected chi connectivity index (χ3v) is 5.29. The van der Waals surface area contributed by atoms with E-state index >= 15 is 0 Å². The summed E-state index contributed by atoms with van der Waals surface area (Å²) in [5.41, 5.74) is 1.13. The van der Waals surface area contributed by atoms with Crippen LogP contribution < -0.4 is 10.6 Å². The number of aryl methyl sites for hydroxylation is 1. The van der Waals surface area contributed by atoms with Crippen molar-refractivity contribution in [1.82, 2.24) is 30.3 Å². The number of benzene rings is 1. The number of nitrogens with one attached hydrogen (secondary N) is 2. The molecule has 0 aliphatic carbocycles. The van der Waals surface area contributed by atoms with Crippen LogP contribution in [0.3, 0.4) is 0 Å². The van der Waals surface area contributed by atoms with Crippen LogP contribution in [0.1, 0.15) is 24.7 Å². The second-order valence-corrected chi connectivity index (χ2v) is 7.68. The Morgan fingerprint density at radius 1 is 1.13 bits per heavy atom. The number of aliphatic imine (C=N–C) groups is 1. The molecule has 2 N–H and O–H groups in total. The third-order valence-electron chi connectivity index (χ3n) is 5.04. The molecule has 1 aromatic carbocycles. The highest BCUT2D eigenvalue weighted by molar-refractivity contribution is 6.30. The molecule has 1 aromatic heterocycles. The standard InChI is InChI=1S/C21H32ClN7O/c1-2-20-27-26-17-29(20)11-9-24-21(25-16-18-4-6-19(22)7-5-18)23-8-3-10-28-12-14-30-15-13-28/h4-7,17H,2-3,8-16H2,1H3,(H2,23,24,25). The summed E-state index contributed by atoms with van der Waals surface area (Å²) in [6.45, 7) is 9.90. The summed E-state index contributed by atoms with van der Waals surface area (Å²) in [6, 6.07) is 7.81. The lowest BCUT2D eigenvalue weighted by Crippen LogP contribution is -2.41. The molecule has 0 spiro atoms. The maximum absolute atomic E-state index is 5.98. The average molecular weight is 434 g/mol. The number of guanidine groups is 1. The molecule has 1 fully saturated rings. The molecule has 2 heterocycles. The lowest BCUT2D eigenvalue weighted by Gasteiger charge is -2.26. The molecular formula is C21H32ClN7O. The molecule has 30 heavy (non-hydrogen) atoms. The van der Waals surface area contributed by atoms with Crippen molar-refractivity contribution in [2.45, 2.75) is 32.9 Å². The lowest BCUT2D eigenvalue weighted by atomic mass is 10.2. The fourth-order valence-corrected chi connectivity index (χ4v) is 3.43. The van der Waals surface area contributed by atoms with Gasteiger partial charge in [0.05, 0.1) is 19.8 Å². The van der Waals surface area contributed by atoms with Crippen LogP contribution in [0, 0.1) is 0 Å². The molecule has 1 saturated heterocycles. The van der Waals surface area contributed by atoms with Gasteiger partial charge in [0.2, 0.25) is 0 Å². The highest BCUT2D eigenvalue weighted by atomic mass is 35.5. The van der Waals surface area contributed by atoms with Crippen LogP contribution in [-0.4, -0.2) is 71.6 Å². The van der Waals surface area contributed by atoms with Crippen LogP contribution in [0.25, 0.3) is 0 Å². The molecule has 164 valence electrons. The minimum absolute atomic E-state index is 0.600. The van der Waals surface area contributed by atoms with Crippen molar-refractivity contribution >= 4 is 17.6 Å². The Kier molecular flexibility index (Phi) is 9.40. The van der Waals surface area contributed by atoms with Gasteiger partial charge in [-0.05, 0) is 30.7 Å². The van der Waals surface area contributed by atoms with E-state index in [0.717, 1.165) is 87.7 Å². The van der Waals surface area contributed by atoms with Gasteiger partial charge in [-0.1, -0.05) is 30.7 Å². The predicted molar refractivity (Wildman–Crippen MR) is 120 cm³/mol. The Hall–Kier alpha value is -2.16.